The minimum absolute atomic E-state index is 0.941. The Morgan fingerprint density at radius 3 is 2.83 bits per heavy atom. The van der Waals surface area contributed by atoms with Gasteiger partial charge in [0.25, 0.3) is 0 Å². The molecule has 0 saturated carbocycles. The predicted molar refractivity (Wildman–Crippen MR) is 55.2 cm³/mol. The van der Waals surface area contributed by atoms with Gasteiger partial charge in [0.15, 0.2) is 0 Å². The maximum absolute atomic E-state index is 2.37. The van der Waals surface area contributed by atoms with E-state index < -0.39 is 0 Å². The van der Waals surface area contributed by atoms with Crippen molar-refractivity contribution in [3.8, 4) is 0 Å². The molecule has 0 aromatic heterocycles. The molecule has 0 heteroatoms. The van der Waals surface area contributed by atoms with Gasteiger partial charge in [-0.05, 0) is 37.5 Å². The first-order valence-corrected chi connectivity index (χ1v) is 5.48. The number of hydrogen-bond donors (Lipinski definition) is 0. The summed E-state index contributed by atoms with van der Waals surface area (Å²) in [5, 5.41) is 0. The van der Waals surface area contributed by atoms with Crippen molar-refractivity contribution in [3.05, 3.63) is 12.2 Å². The lowest BCUT2D eigenvalue weighted by Crippen LogP contribution is -2.04. The van der Waals surface area contributed by atoms with Crippen LogP contribution in [0.25, 0.3) is 0 Å². The van der Waals surface area contributed by atoms with Crippen molar-refractivity contribution in [2.75, 3.05) is 0 Å². The summed E-state index contributed by atoms with van der Waals surface area (Å²) in [5.74, 6) is 1.94. The third kappa shape index (κ3) is 3.42. The highest BCUT2D eigenvalue weighted by Crippen LogP contribution is 2.25. The van der Waals surface area contributed by atoms with Gasteiger partial charge in [0.1, 0.15) is 0 Å². The molecule has 1 aliphatic rings. The van der Waals surface area contributed by atoms with E-state index in [-0.39, 0.29) is 0 Å². The highest BCUT2D eigenvalue weighted by molar-refractivity contribution is 4.89. The van der Waals surface area contributed by atoms with Crippen LogP contribution in [0.4, 0.5) is 0 Å². The Morgan fingerprint density at radius 2 is 2.25 bits per heavy atom. The van der Waals surface area contributed by atoms with Crippen LogP contribution >= 0.6 is 0 Å². The first-order chi connectivity index (χ1) is 5.83. The number of rotatable bonds is 4. The molecule has 0 bridgehead atoms. The Hall–Kier alpha value is -0.260. The molecule has 2 unspecified atom stereocenters. The third-order valence-corrected chi connectivity index (χ3v) is 3.14. The van der Waals surface area contributed by atoms with E-state index in [1.807, 2.05) is 0 Å². The van der Waals surface area contributed by atoms with Crippen LogP contribution in [0, 0.1) is 11.8 Å². The molecule has 0 N–H and O–H groups in total. The van der Waals surface area contributed by atoms with Crippen molar-refractivity contribution >= 4 is 0 Å². The second kappa shape index (κ2) is 5.40. The molecule has 0 aromatic rings. The van der Waals surface area contributed by atoms with E-state index in [9.17, 15) is 0 Å². The highest BCUT2D eigenvalue weighted by Gasteiger charge is 2.10. The fourth-order valence-electron chi connectivity index (χ4n) is 1.84. The zero-order valence-electron chi connectivity index (χ0n) is 8.55. The van der Waals surface area contributed by atoms with Crippen LogP contribution in [-0.4, -0.2) is 0 Å². The van der Waals surface area contributed by atoms with Gasteiger partial charge in [-0.3, -0.25) is 0 Å². The van der Waals surface area contributed by atoms with E-state index in [1.54, 1.807) is 0 Å². The van der Waals surface area contributed by atoms with Crippen molar-refractivity contribution in [1.82, 2.24) is 0 Å². The molecule has 0 fully saturated rings. The summed E-state index contributed by atoms with van der Waals surface area (Å²) in [7, 11) is 0. The molecular weight excluding hydrogens is 144 g/mol. The van der Waals surface area contributed by atoms with Crippen LogP contribution in [0.15, 0.2) is 12.2 Å². The van der Waals surface area contributed by atoms with E-state index in [4.69, 9.17) is 0 Å². The Balaban J connectivity index is 2.10. The van der Waals surface area contributed by atoms with Crippen LogP contribution in [0.2, 0.25) is 0 Å². The van der Waals surface area contributed by atoms with Gasteiger partial charge in [-0.25, -0.2) is 0 Å². The molecule has 1 aliphatic carbocycles. The molecule has 0 aromatic carbocycles. The molecule has 70 valence electrons. The number of hydrogen-bond acceptors (Lipinski definition) is 0. The first kappa shape index (κ1) is 9.83. The average molecular weight is 166 g/mol. The van der Waals surface area contributed by atoms with Gasteiger partial charge < -0.3 is 0 Å². The summed E-state index contributed by atoms with van der Waals surface area (Å²) in [6, 6.07) is 0. The maximum Gasteiger partial charge on any atom is -0.0322 e. The lowest BCUT2D eigenvalue weighted by Gasteiger charge is -2.19. The normalized spacial score (nSPS) is 25.7. The minimum Gasteiger partial charge on any atom is -0.0885 e. The van der Waals surface area contributed by atoms with E-state index in [1.165, 1.54) is 38.5 Å². The molecule has 0 saturated heterocycles. The van der Waals surface area contributed by atoms with Gasteiger partial charge in [-0.15, -0.1) is 0 Å². The van der Waals surface area contributed by atoms with E-state index in [0.29, 0.717) is 0 Å². The average Bonchev–Trinajstić information content (AvgIpc) is 2.16. The van der Waals surface area contributed by atoms with Gasteiger partial charge in [-0.1, -0.05) is 38.8 Å². The maximum atomic E-state index is 2.37. The van der Waals surface area contributed by atoms with Gasteiger partial charge in [0, 0.05) is 0 Å². The summed E-state index contributed by atoms with van der Waals surface area (Å²) in [5.41, 5.74) is 0. The summed E-state index contributed by atoms with van der Waals surface area (Å²) in [6.07, 6.45) is 13.1. The molecule has 1 rings (SSSR count). The van der Waals surface area contributed by atoms with Crippen LogP contribution in [-0.2, 0) is 0 Å². The minimum atomic E-state index is 0.941. The van der Waals surface area contributed by atoms with Gasteiger partial charge in [0.2, 0.25) is 0 Å². The Morgan fingerprint density at radius 1 is 1.42 bits per heavy atom. The van der Waals surface area contributed by atoms with Crippen molar-refractivity contribution in [3.63, 3.8) is 0 Å². The van der Waals surface area contributed by atoms with Crippen molar-refractivity contribution in [1.29, 1.82) is 0 Å². The fraction of sp³-hybridized carbons (Fsp3) is 0.833. The molecule has 0 radical (unpaired) electrons. The molecule has 0 spiro atoms. The van der Waals surface area contributed by atoms with Gasteiger partial charge >= 0.3 is 0 Å². The van der Waals surface area contributed by atoms with Crippen LogP contribution in [0.1, 0.15) is 52.4 Å². The SMILES string of the molecule is CCC(C)CCC1CC=CCC1. The van der Waals surface area contributed by atoms with E-state index >= 15 is 0 Å². The van der Waals surface area contributed by atoms with Crippen LogP contribution < -0.4 is 0 Å². The second-order valence-corrected chi connectivity index (χ2v) is 4.24. The Kier molecular flexibility index (Phi) is 4.42. The van der Waals surface area contributed by atoms with Gasteiger partial charge in [0.05, 0.1) is 0 Å². The lowest BCUT2D eigenvalue weighted by molar-refractivity contribution is 0.380. The third-order valence-electron chi connectivity index (χ3n) is 3.14. The molecule has 12 heavy (non-hydrogen) atoms. The number of allylic oxidation sites excluding steroid dienone is 2. The molecule has 0 nitrogen and oxygen atoms in total. The molecule has 0 amide bonds. The van der Waals surface area contributed by atoms with E-state index in [2.05, 4.69) is 26.0 Å². The molecule has 2 atom stereocenters. The summed E-state index contributed by atoms with van der Waals surface area (Å²) in [6.45, 7) is 4.67. The van der Waals surface area contributed by atoms with Gasteiger partial charge in [-0.2, -0.15) is 0 Å². The van der Waals surface area contributed by atoms with Crippen molar-refractivity contribution in [2.24, 2.45) is 11.8 Å². The topological polar surface area (TPSA) is 0 Å². The smallest absolute Gasteiger partial charge is 0.0322 e. The molecule has 0 aliphatic heterocycles. The summed E-state index contributed by atoms with van der Waals surface area (Å²) >= 11 is 0. The van der Waals surface area contributed by atoms with Crippen molar-refractivity contribution < 1.29 is 0 Å². The standard InChI is InChI=1S/C12H22/c1-3-11(2)9-10-12-7-5-4-6-8-12/h4-5,11-12H,3,6-10H2,1-2H3. The second-order valence-electron chi connectivity index (χ2n) is 4.24. The lowest BCUT2D eigenvalue weighted by atomic mass is 9.87. The van der Waals surface area contributed by atoms with Crippen LogP contribution in [0.5, 0.6) is 0 Å². The largest absolute Gasteiger partial charge is 0.0885 e. The molecule has 0 heterocycles. The quantitative estimate of drug-likeness (QED) is 0.550. The summed E-state index contributed by atoms with van der Waals surface area (Å²) in [4.78, 5) is 0. The molecular formula is C12H22. The zero-order chi connectivity index (χ0) is 8.81. The monoisotopic (exact) mass is 166 g/mol. The highest BCUT2D eigenvalue weighted by atomic mass is 14.2. The zero-order valence-corrected chi connectivity index (χ0v) is 8.55. The van der Waals surface area contributed by atoms with E-state index in [0.717, 1.165) is 11.8 Å². The Labute approximate surface area is 77.1 Å². The predicted octanol–water partition coefficient (Wildman–Crippen LogP) is 4.17. The van der Waals surface area contributed by atoms with Crippen molar-refractivity contribution in [2.45, 2.75) is 52.4 Å². The first-order valence-electron chi connectivity index (χ1n) is 5.48. The summed E-state index contributed by atoms with van der Waals surface area (Å²) < 4.78 is 0. The van der Waals surface area contributed by atoms with Crippen LogP contribution in [0.3, 0.4) is 0 Å². The Bertz CT molecular complexity index is 135. The fourth-order valence-corrected chi connectivity index (χ4v) is 1.84.